The van der Waals surface area contributed by atoms with E-state index >= 15 is 0 Å². The molecule has 22 heavy (non-hydrogen) atoms. The Bertz CT molecular complexity index is 361. The number of terminal acetylenes is 1. The average molecular weight is 312 g/mol. The molecule has 2 N–H and O–H groups in total. The predicted molar refractivity (Wildman–Crippen MR) is 88.0 cm³/mol. The Kier molecular flexibility index (Phi) is 10.1. The third-order valence-electron chi connectivity index (χ3n) is 4.32. The van der Waals surface area contributed by atoms with Crippen molar-refractivity contribution in [2.75, 3.05) is 7.11 Å². The third-order valence-corrected chi connectivity index (χ3v) is 4.32. The van der Waals surface area contributed by atoms with Gasteiger partial charge in [0, 0.05) is 0 Å². The zero-order valence-corrected chi connectivity index (χ0v) is 14.6. The molecule has 128 valence electrons. The van der Waals surface area contributed by atoms with Crippen molar-refractivity contribution in [1.29, 1.82) is 0 Å². The van der Waals surface area contributed by atoms with Crippen molar-refractivity contribution < 1.29 is 19.7 Å². The lowest BCUT2D eigenvalue weighted by Gasteiger charge is -2.25. The van der Waals surface area contributed by atoms with E-state index < -0.39 is 12.2 Å². The van der Waals surface area contributed by atoms with Crippen molar-refractivity contribution in [1.82, 2.24) is 0 Å². The fraction of sp³-hybridized carbons (Fsp3) is 0.833. The molecule has 0 aliphatic carbocycles. The van der Waals surface area contributed by atoms with E-state index in [4.69, 9.17) is 6.42 Å². The van der Waals surface area contributed by atoms with E-state index in [0.717, 1.165) is 19.3 Å². The molecular weight excluding hydrogens is 280 g/mol. The molecule has 0 unspecified atom stereocenters. The second kappa shape index (κ2) is 10.6. The molecular formula is C18H32O4. The van der Waals surface area contributed by atoms with Gasteiger partial charge in [-0.3, -0.25) is 4.79 Å². The first-order valence-corrected chi connectivity index (χ1v) is 8.10. The highest BCUT2D eigenvalue weighted by Crippen LogP contribution is 2.26. The summed E-state index contributed by atoms with van der Waals surface area (Å²) in [5, 5.41) is 19.6. The zero-order valence-electron chi connectivity index (χ0n) is 14.6. The van der Waals surface area contributed by atoms with Gasteiger partial charge in [0.25, 0.3) is 0 Å². The minimum absolute atomic E-state index is 0.0470. The van der Waals surface area contributed by atoms with E-state index in [-0.39, 0.29) is 24.2 Å². The molecule has 0 fully saturated rings. The maximum Gasteiger partial charge on any atom is 0.308 e. The molecule has 0 rings (SSSR count). The largest absolute Gasteiger partial charge is 0.469 e. The van der Waals surface area contributed by atoms with Crippen molar-refractivity contribution in [2.24, 2.45) is 23.7 Å². The van der Waals surface area contributed by atoms with Crippen LogP contribution in [-0.4, -0.2) is 35.5 Å². The van der Waals surface area contributed by atoms with Crippen LogP contribution in [0.5, 0.6) is 0 Å². The van der Waals surface area contributed by atoms with Gasteiger partial charge in [-0.15, -0.1) is 6.42 Å². The standard InChI is InChI=1S/C18H32O4/c1-7-16(19)14(4)9-12(2)8-13(3)10-15(5)17(20)11-18(21)22-6/h1,12-17,19-20H,8-11H2,2-6H3/t12-,13+,14+,15+,16+,17+/m1/s1. The Morgan fingerprint density at radius 1 is 1.05 bits per heavy atom. The van der Waals surface area contributed by atoms with Gasteiger partial charge in [-0.2, -0.15) is 0 Å². The molecule has 0 aliphatic heterocycles. The van der Waals surface area contributed by atoms with Gasteiger partial charge in [-0.1, -0.05) is 33.6 Å². The van der Waals surface area contributed by atoms with Crippen LogP contribution in [0.3, 0.4) is 0 Å². The van der Waals surface area contributed by atoms with E-state index in [1.807, 2.05) is 13.8 Å². The second-order valence-corrected chi connectivity index (χ2v) is 6.83. The van der Waals surface area contributed by atoms with Crippen LogP contribution in [-0.2, 0) is 9.53 Å². The first-order chi connectivity index (χ1) is 10.2. The molecule has 0 aromatic carbocycles. The van der Waals surface area contributed by atoms with Gasteiger partial charge < -0.3 is 14.9 Å². The van der Waals surface area contributed by atoms with Gasteiger partial charge in [0.05, 0.1) is 19.6 Å². The Balaban J connectivity index is 4.18. The first kappa shape index (κ1) is 20.9. The Labute approximate surface area is 135 Å². The number of hydrogen-bond acceptors (Lipinski definition) is 4. The molecule has 0 aromatic rings. The van der Waals surface area contributed by atoms with Gasteiger partial charge >= 0.3 is 5.97 Å². The van der Waals surface area contributed by atoms with Crippen LogP contribution >= 0.6 is 0 Å². The van der Waals surface area contributed by atoms with Gasteiger partial charge in [0.1, 0.15) is 6.10 Å². The predicted octanol–water partition coefficient (Wildman–Crippen LogP) is 2.62. The topological polar surface area (TPSA) is 66.8 Å². The summed E-state index contributed by atoms with van der Waals surface area (Å²) < 4.78 is 4.58. The summed E-state index contributed by atoms with van der Waals surface area (Å²) in [6.07, 6.45) is 6.69. The maximum absolute atomic E-state index is 11.2. The number of ether oxygens (including phenoxy) is 1. The Hall–Kier alpha value is -1.05. The Morgan fingerprint density at radius 2 is 1.55 bits per heavy atom. The van der Waals surface area contributed by atoms with Gasteiger partial charge in [-0.25, -0.2) is 0 Å². The minimum atomic E-state index is -0.682. The summed E-state index contributed by atoms with van der Waals surface area (Å²) in [7, 11) is 1.33. The van der Waals surface area contributed by atoms with Crippen molar-refractivity contribution in [2.45, 2.75) is 65.6 Å². The van der Waals surface area contributed by atoms with Crippen LogP contribution in [0.15, 0.2) is 0 Å². The summed E-state index contributed by atoms with van der Waals surface area (Å²) in [5.41, 5.74) is 0. The quantitative estimate of drug-likeness (QED) is 0.481. The number of aliphatic hydroxyl groups excluding tert-OH is 2. The number of esters is 1. The molecule has 4 nitrogen and oxygen atoms in total. The SMILES string of the molecule is C#C[C@H](O)[C@@H](C)C[C@H](C)C[C@H](C)C[C@H](C)[C@@H](O)CC(=O)OC. The average Bonchev–Trinajstić information content (AvgIpc) is 2.45. The van der Waals surface area contributed by atoms with Crippen molar-refractivity contribution in [3.8, 4) is 12.3 Å². The number of carbonyl (C=O) groups excluding carboxylic acids is 1. The van der Waals surface area contributed by atoms with Crippen LogP contribution in [0.25, 0.3) is 0 Å². The fourth-order valence-corrected chi connectivity index (χ4v) is 3.05. The highest BCUT2D eigenvalue weighted by Gasteiger charge is 2.22. The molecule has 0 amide bonds. The lowest BCUT2D eigenvalue weighted by molar-refractivity contribution is -0.143. The van der Waals surface area contributed by atoms with Gasteiger partial charge in [-0.05, 0) is 42.9 Å². The van der Waals surface area contributed by atoms with Crippen LogP contribution in [0.1, 0.15) is 53.4 Å². The monoisotopic (exact) mass is 312 g/mol. The van der Waals surface area contributed by atoms with E-state index in [0.29, 0.717) is 11.8 Å². The molecule has 4 heteroatoms. The van der Waals surface area contributed by atoms with Crippen LogP contribution in [0, 0.1) is 36.0 Å². The smallest absolute Gasteiger partial charge is 0.308 e. The molecule has 0 saturated carbocycles. The summed E-state index contributed by atoms with van der Waals surface area (Å²) >= 11 is 0. The van der Waals surface area contributed by atoms with Crippen molar-refractivity contribution in [3.05, 3.63) is 0 Å². The summed E-state index contributed by atoms with van der Waals surface area (Å²) in [4.78, 5) is 11.2. The van der Waals surface area contributed by atoms with Crippen LogP contribution in [0.4, 0.5) is 0 Å². The van der Waals surface area contributed by atoms with E-state index in [2.05, 4.69) is 24.5 Å². The number of methoxy groups -OCH3 is 1. The second-order valence-electron chi connectivity index (χ2n) is 6.83. The van der Waals surface area contributed by atoms with Crippen molar-refractivity contribution >= 4 is 5.97 Å². The van der Waals surface area contributed by atoms with Crippen LogP contribution in [0.2, 0.25) is 0 Å². The summed E-state index contributed by atoms with van der Waals surface area (Å²) in [6.45, 7) is 8.24. The fourth-order valence-electron chi connectivity index (χ4n) is 3.05. The molecule has 0 aliphatic rings. The number of carbonyl (C=O) groups is 1. The third kappa shape index (κ3) is 8.41. The minimum Gasteiger partial charge on any atom is -0.469 e. The van der Waals surface area contributed by atoms with Gasteiger partial charge in [0.15, 0.2) is 0 Å². The highest BCUT2D eigenvalue weighted by atomic mass is 16.5. The maximum atomic E-state index is 11.2. The molecule has 0 heterocycles. The van der Waals surface area contributed by atoms with Crippen molar-refractivity contribution in [3.63, 3.8) is 0 Å². The molecule has 6 atom stereocenters. The lowest BCUT2D eigenvalue weighted by Crippen LogP contribution is -2.24. The summed E-state index contributed by atoms with van der Waals surface area (Å²) in [5.74, 6) is 3.03. The number of hydrogen-bond donors (Lipinski definition) is 2. The molecule has 0 saturated heterocycles. The Morgan fingerprint density at radius 3 is 2.00 bits per heavy atom. The number of aliphatic hydroxyl groups is 2. The zero-order chi connectivity index (χ0) is 17.3. The molecule has 0 spiro atoms. The lowest BCUT2D eigenvalue weighted by atomic mass is 9.83. The molecule has 0 radical (unpaired) electrons. The van der Waals surface area contributed by atoms with E-state index in [1.165, 1.54) is 7.11 Å². The highest BCUT2D eigenvalue weighted by molar-refractivity contribution is 5.69. The normalized spacial score (nSPS) is 19.4. The first-order valence-electron chi connectivity index (χ1n) is 8.10. The summed E-state index contributed by atoms with van der Waals surface area (Å²) in [6, 6.07) is 0. The molecule has 0 aromatic heterocycles. The van der Waals surface area contributed by atoms with Gasteiger partial charge in [0.2, 0.25) is 0 Å². The number of rotatable bonds is 10. The van der Waals surface area contributed by atoms with E-state index in [9.17, 15) is 15.0 Å². The van der Waals surface area contributed by atoms with E-state index in [1.54, 1.807) is 0 Å². The molecule has 0 bridgehead atoms. The van der Waals surface area contributed by atoms with Crippen LogP contribution < -0.4 is 0 Å².